The van der Waals surface area contributed by atoms with Crippen LogP contribution in [0.5, 0.6) is 23.0 Å². The second-order valence-electron chi connectivity index (χ2n) is 9.14. The highest BCUT2D eigenvalue weighted by atomic mass is 16.3. The summed E-state index contributed by atoms with van der Waals surface area (Å²) in [4.78, 5) is 0. The molecule has 4 rings (SSSR count). The van der Waals surface area contributed by atoms with Crippen LogP contribution in [0.15, 0.2) is 84.9 Å². The van der Waals surface area contributed by atoms with Crippen molar-refractivity contribution in [1.82, 2.24) is 0 Å². The summed E-state index contributed by atoms with van der Waals surface area (Å²) in [7, 11) is 0. The topological polar surface area (TPSA) is 80.9 Å². The Hall–Kier alpha value is -3.92. The standard InChI is InChI=1S/2C15H16O2/c1-15(2,11-3-7-13(16)8-4-11)12-5-9-14(17)10-6-12;1-10-7-12(3-5-14(10)16)9-13-4-6-15(17)11(2)8-13/h3-10,16-17H,1-2H3;3-8,16-17H,9H2,1-2H3. The van der Waals surface area contributed by atoms with Crippen LogP contribution < -0.4 is 0 Å². The Labute approximate surface area is 201 Å². The molecule has 0 radical (unpaired) electrons. The zero-order valence-electron chi connectivity index (χ0n) is 20.1. The van der Waals surface area contributed by atoms with Gasteiger partial charge in [-0.3, -0.25) is 0 Å². The third-order valence-electron chi connectivity index (χ3n) is 6.11. The van der Waals surface area contributed by atoms with E-state index in [1.807, 2.05) is 62.4 Å². The summed E-state index contributed by atoms with van der Waals surface area (Å²) < 4.78 is 0. The number of aromatic hydroxyl groups is 4. The third-order valence-corrected chi connectivity index (χ3v) is 6.11. The maximum atomic E-state index is 9.46. The summed E-state index contributed by atoms with van der Waals surface area (Å²) in [5.74, 6) is 1.21. The fourth-order valence-corrected chi connectivity index (χ4v) is 3.81. The first-order chi connectivity index (χ1) is 16.1. The molecule has 4 heteroatoms. The summed E-state index contributed by atoms with van der Waals surface area (Å²) in [6.45, 7) is 8.01. The van der Waals surface area contributed by atoms with E-state index in [1.165, 1.54) is 0 Å². The average Bonchev–Trinajstić information content (AvgIpc) is 2.80. The summed E-state index contributed by atoms with van der Waals surface area (Å²) in [5, 5.41) is 37.5. The summed E-state index contributed by atoms with van der Waals surface area (Å²) in [6.07, 6.45) is 0.808. The zero-order valence-corrected chi connectivity index (χ0v) is 20.1. The van der Waals surface area contributed by atoms with Crippen molar-refractivity contribution in [2.45, 2.75) is 39.5 Å². The van der Waals surface area contributed by atoms with E-state index in [0.29, 0.717) is 11.5 Å². The average molecular weight is 457 g/mol. The first kappa shape index (κ1) is 24.7. The van der Waals surface area contributed by atoms with Crippen LogP contribution in [0.1, 0.15) is 47.2 Å². The van der Waals surface area contributed by atoms with Gasteiger partial charge in [0, 0.05) is 5.41 Å². The van der Waals surface area contributed by atoms with Gasteiger partial charge < -0.3 is 20.4 Å². The van der Waals surface area contributed by atoms with Crippen molar-refractivity contribution < 1.29 is 20.4 Å². The molecule has 4 nitrogen and oxygen atoms in total. The molecule has 0 heterocycles. The molecule has 0 aliphatic rings. The van der Waals surface area contributed by atoms with Crippen LogP contribution in [-0.4, -0.2) is 20.4 Å². The lowest BCUT2D eigenvalue weighted by Gasteiger charge is -2.26. The quantitative estimate of drug-likeness (QED) is 0.274. The number of phenolic OH excluding ortho intramolecular Hbond substituents is 4. The molecule has 0 fully saturated rings. The highest BCUT2D eigenvalue weighted by molar-refractivity contribution is 5.42. The van der Waals surface area contributed by atoms with Crippen LogP contribution in [0.4, 0.5) is 0 Å². The van der Waals surface area contributed by atoms with Gasteiger partial charge in [-0.1, -0.05) is 62.4 Å². The lowest BCUT2D eigenvalue weighted by molar-refractivity contribution is 0.470. The highest BCUT2D eigenvalue weighted by Gasteiger charge is 2.22. The van der Waals surface area contributed by atoms with Crippen molar-refractivity contribution >= 4 is 0 Å². The van der Waals surface area contributed by atoms with Crippen molar-refractivity contribution in [3.8, 4) is 23.0 Å². The number of benzene rings is 4. The SMILES string of the molecule is CC(C)(c1ccc(O)cc1)c1ccc(O)cc1.Cc1cc(Cc2ccc(O)c(C)c2)ccc1O. The van der Waals surface area contributed by atoms with Gasteiger partial charge in [-0.25, -0.2) is 0 Å². The summed E-state index contributed by atoms with van der Waals surface area (Å²) in [5.41, 5.74) is 6.19. The largest absolute Gasteiger partial charge is 0.508 e. The van der Waals surface area contributed by atoms with Crippen LogP contribution in [0.25, 0.3) is 0 Å². The molecule has 0 amide bonds. The lowest BCUT2D eigenvalue weighted by atomic mass is 9.78. The first-order valence-electron chi connectivity index (χ1n) is 11.2. The highest BCUT2D eigenvalue weighted by Crippen LogP contribution is 2.33. The molecule has 0 aliphatic carbocycles. The van der Waals surface area contributed by atoms with Gasteiger partial charge in [-0.2, -0.15) is 0 Å². The number of phenols is 4. The molecule has 4 aromatic rings. The van der Waals surface area contributed by atoms with Crippen LogP contribution in [0.2, 0.25) is 0 Å². The van der Waals surface area contributed by atoms with Gasteiger partial charge in [-0.15, -0.1) is 0 Å². The second kappa shape index (κ2) is 10.3. The second-order valence-corrected chi connectivity index (χ2v) is 9.14. The van der Waals surface area contributed by atoms with Crippen molar-refractivity contribution in [1.29, 1.82) is 0 Å². The Morgan fingerprint density at radius 1 is 0.529 bits per heavy atom. The number of rotatable bonds is 4. The van der Waals surface area contributed by atoms with Gasteiger partial charge in [0.25, 0.3) is 0 Å². The predicted octanol–water partition coefficient (Wildman–Crippen LogP) is 6.73. The molecule has 34 heavy (non-hydrogen) atoms. The predicted molar refractivity (Wildman–Crippen MR) is 137 cm³/mol. The smallest absolute Gasteiger partial charge is 0.118 e. The molecular formula is C30H32O4. The van der Waals surface area contributed by atoms with Gasteiger partial charge in [-0.05, 0) is 90.0 Å². The Balaban J connectivity index is 0.000000191. The molecule has 0 aromatic heterocycles. The minimum atomic E-state index is -0.151. The van der Waals surface area contributed by atoms with E-state index in [9.17, 15) is 20.4 Å². The van der Waals surface area contributed by atoms with Crippen molar-refractivity contribution in [2.24, 2.45) is 0 Å². The third kappa shape index (κ3) is 6.10. The van der Waals surface area contributed by atoms with Gasteiger partial charge in [0.15, 0.2) is 0 Å². The summed E-state index contributed by atoms with van der Waals surface area (Å²) in [6, 6.07) is 25.7. The molecule has 0 saturated heterocycles. The van der Waals surface area contributed by atoms with E-state index in [-0.39, 0.29) is 16.9 Å². The monoisotopic (exact) mass is 456 g/mol. The van der Waals surface area contributed by atoms with Crippen LogP contribution in [0.3, 0.4) is 0 Å². The fourth-order valence-electron chi connectivity index (χ4n) is 3.81. The van der Waals surface area contributed by atoms with E-state index in [1.54, 1.807) is 36.4 Å². The maximum Gasteiger partial charge on any atom is 0.118 e. The summed E-state index contributed by atoms with van der Waals surface area (Å²) >= 11 is 0. The minimum Gasteiger partial charge on any atom is -0.508 e. The molecule has 0 atom stereocenters. The van der Waals surface area contributed by atoms with E-state index in [0.717, 1.165) is 39.8 Å². The molecule has 176 valence electrons. The molecule has 4 aromatic carbocycles. The lowest BCUT2D eigenvalue weighted by Crippen LogP contribution is -2.18. The molecule has 4 N–H and O–H groups in total. The van der Waals surface area contributed by atoms with Crippen molar-refractivity contribution in [2.75, 3.05) is 0 Å². The zero-order chi connectivity index (χ0) is 24.9. The normalized spacial score (nSPS) is 10.9. The van der Waals surface area contributed by atoms with Crippen LogP contribution >= 0.6 is 0 Å². The van der Waals surface area contributed by atoms with E-state index in [4.69, 9.17) is 0 Å². The van der Waals surface area contributed by atoms with Crippen LogP contribution in [0, 0.1) is 13.8 Å². The molecule has 0 spiro atoms. The van der Waals surface area contributed by atoms with Gasteiger partial charge >= 0.3 is 0 Å². The number of hydrogen-bond donors (Lipinski definition) is 4. The molecule has 0 unspecified atom stereocenters. The molecular weight excluding hydrogens is 424 g/mol. The number of hydrogen-bond acceptors (Lipinski definition) is 4. The molecule has 0 bridgehead atoms. The van der Waals surface area contributed by atoms with Gasteiger partial charge in [0.2, 0.25) is 0 Å². The van der Waals surface area contributed by atoms with Crippen molar-refractivity contribution in [3.63, 3.8) is 0 Å². The first-order valence-corrected chi connectivity index (χ1v) is 11.2. The Morgan fingerprint density at radius 3 is 1.21 bits per heavy atom. The molecule has 0 aliphatic heterocycles. The fraction of sp³-hybridized carbons (Fsp3) is 0.200. The van der Waals surface area contributed by atoms with Crippen LogP contribution in [-0.2, 0) is 11.8 Å². The van der Waals surface area contributed by atoms with Gasteiger partial charge in [0.1, 0.15) is 23.0 Å². The van der Waals surface area contributed by atoms with Gasteiger partial charge in [0.05, 0.1) is 0 Å². The Kier molecular flexibility index (Phi) is 7.52. The van der Waals surface area contributed by atoms with Crippen molar-refractivity contribution in [3.05, 3.63) is 118 Å². The Bertz CT molecular complexity index is 1140. The van der Waals surface area contributed by atoms with E-state index in [2.05, 4.69) is 13.8 Å². The minimum absolute atomic E-state index is 0.151. The van der Waals surface area contributed by atoms with E-state index < -0.39 is 0 Å². The number of aryl methyl sites for hydroxylation is 2. The maximum absolute atomic E-state index is 9.46. The Morgan fingerprint density at radius 2 is 0.882 bits per heavy atom. The molecule has 0 saturated carbocycles. The van der Waals surface area contributed by atoms with E-state index >= 15 is 0 Å².